The summed E-state index contributed by atoms with van der Waals surface area (Å²) in [7, 11) is 0. The maximum absolute atomic E-state index is 14.3. The maximum atomic E-state index is 14.3. The van der Waals surface area contributed by atoms with Gasteiger partial charge in [-0.2, -0.15) is 0 Å². The fourth-order valence-electron chi connectivity index (χ4n) is 2.41. The van der Waals surface area contributed by atoms with Crippen molar-refractivity contribution in [3.05, 3.63) is 70.2 Å². The highest BCUT2D eigenvalue weighted by Crippen LogP contribution is 2.24. The van der Waals surface area contributed by atoms with Gasteiger partial charge in [0.2, 0.25) is 0 Å². The van der Waals surface area contributed by atoms with E-state index in [4.69, 9.17) is 4.74 Å². The molecule has 0 aliphatic heterocycles. The number of aliphatic imine (C=N–C) groups is 1. The number of nitrogens with one attached hydrogen (secondary N) is 2. The van der Waals surface area contributed by atoms with Gasteiger partial charge in [0.05, 0.1) is 19.3 Å². The van der Waals surface area contributed by atoms with E-state index >= 15 is 0 Å². The zero-order chi connectivity index (χ0) is 19.8. The molecule has 0 fully saturated rings. The van der Waals surface area contributed by atoms with Gasteiger partial charge in [0.15, 0.2) is 17.5 Å². The third kappa shape index (κ3) is 7.24. The van der Waals surface area contributed by atoms with Crippen LogP contribution < -0.4 is 15.4 Å². The Balaban J connectivity index is 0.00000300. The second-order valence-corrected chi connectivity index (χ2v) is 7.29. The molecule has 0 bridgehead atoms. The lowest BCUT2D eigenvalue weighted by Gasteiger charge is -2.11. The van der Waals surface area contributed by atoms with E-state index in [1.54, 1.807) is 41.8 Å². The van der Waals surface area contributed by atoms with Gasteiger partial charge in [-0.25, -0.2) is 14.4 Å². The number of halogens is 2. The Hall–Kier alpha value is -2.27. The predicted molar refractivity (Wildman–Crippen MR) is 125 cm³/mol. The predicted octanol–water partition coefficient (Wildman–Crippen LogP) is 4.65. The van der Waals surface area contributed by atoms with Crippen LogP contribution >= 0.6 is 35.3 Å². The maximum Gasteiger partial charge on any atom is 0.191 e. The van der Waals surface area contributed by atoms with Crippen LogP contribution in [-0.4, -0.2) is 22.5 Å². The third-order valence-electron chi connectivity index (χ3n) is 3.70. The quantitative estimate of drug-likeness (QED) is 0.266. The average molecular weight is 527 g/mol. The van der Waals surface area contributed by atoms with Crippen molar-refractivity contribution in [2.75, 3.05) is 6.54 Å². The smallest absolute Gasteiger partial charge is 0.191 e. The number of aromatic nitrogens is 2. The van der Waals surface area contributed by atoms with Gasteiger partial charge < -0.3 is 15.4 Å². The molecule has 1 aromatic carbocycles. The van der Waals surface area contributed by atoms with Gasteiger partial charge in [-0.3, -0.25) is 4.98 Å². The molecule has 0 atom stereocenters. The van der Waals surface area contributed by atoms with E-state index in [0.717, 1.165) is 17.1 Å². The highest BCUT2D eigenvalue weighted by molar-refractivity contribution is 14.0. The lowest BCUT2D eigenvalue weighted by molar-refractivity contribution is 0.440. The molecule has 6 nitrogen and oxygen atoms in total. The lowest BCUT2D eigenvalue weighted by Crippen LogP contribution is -2.36. The van der Waals surface area contributed by atoms with E-state index < -0.39 is 5.82 Å². The molecular weight excluding hydrogens is 504 g/mol. The topological polar surface area (TPSA) is 71.4 Å². The average Bonchev–Trinajstić information content (AvgIpc) is 3.12. The molecular formula is C20H23FIN5OS. The number of thiazole rings is 1. The van der Waals surface area contributed by atoms with Crippen LogP contribution in [0.1, 0.15) is 22.4 Å². The monoisotopic (exact) mass is 527 g/mol. The van der Waals surface area contributed by atoms with Gasteiger partial charge in [-0.1, -0.05) is 6.07 Å². The first-order valence-corrected chi connectivity index (χ1v) is 9.75. The van der Waals surface area contributed by atoms with E-state index in [0.29, 0.717) is 24.8 Å². The Kier molecular flexibility index (Phi) is 9.26. The molecule has 9 heteroatoms. The molecule has 154 valence electrons. The molecule has 0 spiro atoms. The number of rotatable bonds is 7. The standard InChI is InChI=1S/C20H22FN5OS.HI/c1-3-23-20(26-13-19-24-10-14(2)28-19)25-11-15-6-7-18(17(21)9-15)27-16-5-4-8-22-12-16;/h4-10,12H,3,11,13H2,1-2H3,(H2,23,25,26);1H. The van der Waals surface area contributed by atoms with Gasteiger partial charge in [0.25, 0.3) is 0 Å². The Morgan fingerprint density at radius 3 is 2.76 bits per heavy atom. The molecule has 2 N–H and O–H groups in total. The number of hydrogen-bond donors (Lipinski definition) is 2. The molecule has 0 amide bonds. The number of nitrogens with zero attached hydrogens (tertiary/aromatic N) is 3. The van der Waals surface area contributed by atoms with Crippen LogP contribution in [0, 0.1) is 12.7 Å². The minimum absolute atomic E-state index is 0. The Labute approximate surface area is 190 Å². The highest BCUT2D eigenvalue weighted by atomic mass is 127. The van der Waals surface area contributed by atoms with Crippen molar-refractivity contribution >= 4 is 41.3 Å². The fraction of sp³-hybridized carbons (Fsp3) is 0.250. The molecule has 0 saturated heterocycles. The van der Waals surface area contributed by atoms with Gasteiger partial charge in [-0.05, 0) is 43.7 Å². The fourth-order valence-corrected chi connectivity index (χ4v) is 3.14. The highest BCUT2D eigenvalue weighted by Gasteiger charge is 2.07. The Bertz CT molecular complexity index is 936. The number of ether oxygens (including phenoxy) is 1. The molecule has 2 aromatic heterocycles. The van der Waals surface area contributed by atoms with Gasteiger partial charge >= 0.3 is 0 Å². The van der Waals surface area contributed by atoms with Crippen LogP contribution in [-0.2, 0) is 13.1 Å². The number of benzene rings is 1. The summed E-state index contributed by atoms with van der Waals surface area (Å²) < 4.78 is 19.9. The summed E-state index contributed by atoms with van der Waals surface area (Å²) in [6, 6.07) is 8.29. The van der Waals surface area contributed by atoms with E-state index in [-0.39, 0.29) is 29.7 Å². The van der Waals surface area contributed by atoms with E-state index in [1.807, 2.05) is 20.0 Å². The number of hydrogen-bond acceptors (Lipinski definition) is 5. The van der Waals surface area contributed by atoms with E-state index in [9.17, 15) is 4.39 Å². The molecule has 0 radical (unpaired) electrons. The molecule has 0 unspecified atom stereocenters. The zero-order valence-electron chi connectivity index (χ0n) is 16.2. The van der Waals surface area contributed by atoms with Crippen molar-refractivity contribution in [3.8, 4) is 11.5 Å². The molecule has 29 heavy (non-hydrogen) atoms. The summed E-state index contributed by atoms with van der Waals surface area (Å²) in [5.41, 5.74) is 0.748. The first-order chi connectivity index (χ1) is 13.6. The third-order valence-corrected chi connectivity index (χ3v) is 4.61. The van der Waals surface area contributed by atoms with E-state index in [1.165, 1.54) is 17.1 Å². The lowest BCUT2D eigenvalue weighted by atomic mass is 10.2. The van der Waals surface area contributed by atoms with Crippen LogP contribution in [0.25, 0.3) is 0 Å². The van der Waals surface area contributed by atoms with E-state index in [2.05, 4.69) is 25.6 Å². The first kappa shape index (κ1) is 23.0. The van der Waals surface area contributed by atoms with Crippen LogP contribution in [0.15, 0.2) is 53.9 Å². The van der Waals surface area contributed by atoms with Crippen molar-refractivity contribution in [1.82, 2.24) is 20.6 Å². The summed E-state index contributed by atoms with van der Waals surface area (Å²) >= 11 is 1.64. The molecule has 0 saturated carbocycles. The number of aryl methyl sites for hydroxylation is 1. The summed E-state index contributed by atoms with van der Waals surface area (Å²) in [4.78, 5) is 14.0. The Morgan fingerprint density at radius 2 is 2.10 bits per heavy atom. The summed E-state index contributed by atoms with van der Waals surface area (Å²) in [6.07, 6.45) is 5.02. The van der Waals surface area contributed by atoms with Crippen molar-refractivity contribution in [2.45, 2.75) is 26.9 Å². The summed E-state index contributed by atoms with van der Waals surface area (Å²) in [5, 5.41) is 7.41. The minimum atomic E-state index is -0.437. The second kappa shape index (κ2) is 11.7. The van der Waals surface area contributed by atoms with Gasteiger partial charge in [0, 0.05) is 23.8 Å². The molecule has 0 aliphatic rings. The Morgan fingerprint density at radius 1 is 1.24 bits per heavy atom. The number of guanidine groups is 1. The van der Waals surface area contributed by atoms with Crippen LogP contribution in [0.5, 0.6) is 11.5 Å². The molecule has 3 aromatic rings. The van der Waals surface area contributed by atoms with Gasteiger partial charge in [-0.15, -0.1) is 35.3 Å². The SMILES string of the molecule is CCNC(=NCc1ccc(Oc2cccnc2)c(F)c1)NCc1ncc(C)s1.I. The molecule has 2 heterocycles. The molecule has 0 aliphatic carbocycles. The second-order valence-electron chi connectivity index (χ2n) is 5.97. The zero-order valence-corrected chi connectivity index (χ0v) is 19.3. The largest absolute Gasteiger partial charge is 0.453 e. The van der Waals surface area contributed by atoms with Gasteiger partial charge in [0.1, 0.15) is 10.8 Å². The van der Waals surface area contributed by atoms with Crippen molar-refractivity contribution < 1.29 is 9.13 Å². The summed E-state index contributed by atoms with van der Waals surface area (Å²) in [5.74, 6) is 0.868. The summed E-state index contributed by atoms with van der Waals surface area (Å²) in [6.45, 7) is 5.69. The molecule has 3 rings (SSSR count). The van der Waals surface area contributed by atoms with Crippen LogP contribution in [0.3, 0.4) is 0 Å². The normalized spacial score (nSPS) is 10.9. The van der Waals surface area contributed by atoms with Crippen molar-refractivity contribution in [1.29, 1.82) is 0 Å². The van der Waals surface area contributed by atoms with Crippen LogP contribution in [0.4, 0.5) is 4.39 Å². The number of pyridine rings is 1. The minimum Gasteiger partial charge on any atom is -0.453 e. The van der Waals surface area contributed by atoms with Crippen molar-refractivity contribution in [2.24, 2.45) is 4.99 Å². The van der Waals surface area contributed by atoms with Crippen molar-refractivity contribution in [3.63, 3.8) is 0 Å². The van der Waals surface area contributed by atoms with Crippen LogP contribution in [0.2, 0.25) is 0 Å². The first-order valence-electron chi connectivity index (χ1n) is 8.94.